The van der Waals surface area contributed by atoms with Gasteiger partial charge in [0.05, 0.1) is 17.2 Å². The van der Waals surface area contributed by atoms with Crippen LogP contribution in [-0.2, 0) is 6.61 Å². The van der Waals surface area contributed by atoms with Crippen molar-refractivity contribution in [2.24, 2.45) is 0 Å². The predicted octanol–water partition coefficient (Wildman–Crippen LogP) is 4.36. The number of ether oxygens (including phenoxy) is 2. The number of nitrogens with zero attached hydrogens (tertiary/aromatic N) is 1. The fourth-order valence-electron chi connectivity index (χ4n) is 2.19. The molecule has 0 aromatic heterocycles. The van der Waals surface area contributed by atoms with Gasteiger partial charge in [-0.3, -0.25) is 0 Å². The summed E-state index contributed by atoms with van der Waals surface area (Å²) in [6, 6.07) is 25.0. The molecule has 0 saturated carbocycles. The van der Waals surface area contributed by atoms with E-state index < -0.39 is 5.97 Å². The molecule has 3 aromatic carbocycles. The van der Waals surface area contributed by atoms with Crippen molar-refractivity contribution < 1.29 is 14.3 Å². The number of hydrogen-bond acceptors (Lipinski definition) is 4. The maximum atomic E-state index is 12.1. The van der Waals surface area contributed by atoms with E-state index in [0.717, 1.165) is 5.56 Å². The van der Waals surface area contributed by atoms with Gasteiger partial charge in [-0.15, -0.1) is 0 Å². The maximum Gasteiger partial charge on any atom is 0.343 e. The Bertz CT molecular complexity index is 879. The minimum Gasteiger partial charge on any atom is -0.489 e. The zero-order valence-corrected chi connectivity index (χ0v) is 13.4. The molecule has 4 heteroatoms. The van der Waals surface area contributed by atoms with E-state index in [9.17, 15) is 4.79 Å². The van der Waals surface area contributed by atoms with E-state index in [1.165, 1.54) is 0 Å². The first-order valence-electron chi connectivity index (χ1n) is 7.74. The van der Waals surface area contributed by atoms with Gasteiger partial charge in [0, 0.05) is 0 Å². The highest BCUT2D eigenvalue weighted by molar-refractivity contribution is 5.91. The van der Waals surface area contributed by atoms with E-state index in [1.807, 2.05) is 36.4 Å². The molecule has 0 atom stereocenters. The van der Waals surface area contributed by atoms with Gasteiger partial charge in [-0.2, -0.15) is 5.26 Å². The van der Waals surface area contributed by atoms with E-state index in [0.29, 0.717) is 29.2 Å². The average molecular weight is 329 g/mol. The third-order valence-electron chi connectivity index (χ3n) is 3.53. The lowest BCUT2D eigenvalue weighted by Crippen LogP contribution is -2.08. The second kappa shape index (κ2) is 7.80. The van der Waals surface area contributed by atoms with Crippen LogP contribution < -0.4 is 9.47 Å². The molecule has 0 bridgehead atoms. The van der Waals surface area contributed by atoms with Crippen LogP contribution in [0.1, 0.15) is 21.5 Å². The summed E-state index contributed by atoms with van der Waals surface area (Å²) in [5.41, 5.74) is 1.97. The molecule has 0 saturated heterocycles. The van der Waals surface area contributed by atoms with Crippen molar-refractivity contribution in [2.45, 2.75) is 6.61 Å². The Hall–Kier alpha value is -3.58. The van der Waals surface area contributed by atoms with Crippen molar-refractivity contribution in [3.05, 3.63) is 95.6 Å². The first-order valence-corrected chi connectivity index (χ1v) is 7.74. The molecule has 0 aliphatic carbocycles. The molecule has 0 aliphatic heterocycles. The molecule has 122 valence electrons. The lowest BCUT2D eigenvalue weighted by Gasteiger charge is -2.08. The van der Waals surface area contributed by atoms with Crippen LogP contribution in [0, 0.1) is 11.3 Å². The fraction of sp³-hybridized carbons (Fsp3) is 0.0476. The minimum atomic E-state index is -0.470. The molecule has 0 aliphatic rings. The van der Waals surface area contributed by atoms with Crippen LogP contribution in [0.3, 0.4) is 0 Å². The molecule has 0 radical (unpaired) electrons. The quantitative estimate of drug-likeness (QED) is 0.515. The summed E-state index contributed by atoms with van der Waals surface area (Å²) in [6.45, 7) is 0.477. The summed E-state index contributed by atoms with van der Waals surface area (Å²) in [7, 11) is 0. The Morgan fingerprint density at radius 3 is 2.12 bits per heavy atom. The molecule has 0 fully saturated rings. The Morgan fingerprint density at radius 2 is 1.48 bits per heavy atom. The number of esters is 1. The Balaban J connectivity index is 1.58. The van der Waals surface area contributed by atoms with Gasteiger partial charge in [-0.1, -0.05) is 30.3 Å². The van der Waals surface area contributed by atoms with Crippen molar-refractivity contribution in [3.63, 3.8) is 0 Å². The highest BCUT2D eigenvalue weighted by Gasteiger charge is 2.08. The van der Waals surface area contributed by atoms with Crippen molar-refractivity contribution in [1.29, 1.82) is 5.26 Å². The normalized spacial score (nSPS) is 9.88. The zero-order valence-electron chi connectivity index (χ0n) is 13.4. The molecule has 0 amide bonds. The van der Waals surface area contributed by atoms with Crippen LogP contribution in [0.5, 0.6) is 11.5 Å². The largest absolute Gasteiger partial charge is 0.489 e. The second-order valence-corrected chi connectivity index (χ2v) is 5.32. The van der Waals surface area contributed by atoms with Crippen molar-refractivity contribution in [3.8, 4) is 17.6 Å². The molecule has 3 aromatic rings. The first kappa shape index (κ1) is 16.3. The van der Waals surface area contributed by atoms with Crippen molar-refractivity contribution in [1.82, 2.24) is 0 Å². The highest BCUT2D eigenvalue weighted by Crippen LogP contribution is 2.20. The van der Waals surface area contributed by atoms with Crippen LogP contribution in [0.2, 0.25) is 0 Å². The summed E-state index contributed by atoms with van der Waals surface area (Å²) in [4.78, 5) is 12.1. The molecular formula is C21H15NO3. The van der Waals surface area contributed by atoms with Crippen LogP contribution in [0.4, 0.5) is 0 Å². The van der Waals surface area contributed by atoms with Gasteiger partial charge < -0.3 is 9.47 Å². The fourth-order valence-corrected chi connectivity index (χ4v) is 2.19. The number of benzene rings is 3. The summed E-state index contributed by atoms with van der Waals surface area (Å²) < 4.78 is 11.0. The standard InChI is InChI=1S/C21H15NO3/c22-14-16-6-8-18(9-7-16)21(23)25-20-12-10-19(11-13-20)24-15-17-4-2-1-3-5-17/h1-13H,15H2. The monoisotopic (exact) mass is 329 g/mol. The third kappa shape index (κ3) is 4.46. The van der Waals surface area contributed by atoms with Crippen LogP contribution in [-0.4, -0.2) is 5.97 Å². The Labute approximate surface area is 145 Å². The van der Waals surface area contributed by atoms with Gasteiger partial charge in [-0.25, -0.2) is 4.79 Å². The molecule has 0 heterocycles. The topological polar surface area (TPSA) is 59.3 Å². The predicted molar refractivity (Wildman–Crippen MR) is 93.3 cm³/mol. The molecule has 25 heavy (non-hydrogen) atoms. The summed E-state index contributed by atoms with van der Waals surface area (Å²) in [6.07, 6.45) is 0. The number of rotatable bonds is 5. The van der Waals surface area contributed by atoms with E-state index in [2.05, 4.69) is 0 Å². The highest BCUT2D eigenvalue weighted by atomic mass is 16.5. The lowest BCUT2D eigenvalue weighted by molar-refractivity contribution is 0.0734. The lowest BCUT2D eigenvalue weighted by atomic mass is 10.1. The van der Waals surface area contributed by atoms with E-state index in [4.69, 9.17) is 14.7 Å². The van der Waals surface area contributed by atoms with Crippen molar-refractivity contribution in [2.75, 3.05) is 0 Å². The summed E-state index contributed by atoms with van der Waals surface area (Å²) in [5.74, 6) is 0.658. The van der Waals surface area contributed by atoms with Gasteiger partial charge in [0.15, 0.2) is 0 Å². The number of carbonyl (C=O) groups is 1. The molecule has 0 unspecified atom stereocenters. The van der Waals surface area contributed by atoms with Crippen LogP contribution in [0.15, 0.2) is 78.9 Å². The molecule has 4 nitrogen and oxygen atoms in total. The van der Waals surface area contributed by atoms with E-state index in [-0.39, 0.29) is 0 Å². The Morgan fingerprint density at radius 1 is 0.840 bits per heavy atom. The second-order valence-electron chi connectivity index (χ2n) is 5.32. The SMILES string of the molecule is N#Cc1ccc(C(=O)Oc2ccc(OCc3ccccc3)cc2)cc1. The summed E-state index contributed by atoms with van der Waals surface area (Å²) in [5, 5.41) is 8.77. The van der Waals surface area contributed by atoms with Gasteiger partial charge >= 0.3 is 5.97 Å². The van der Waals surface area contributed by atoms with Crippen molar-refractivity contribution >= 4 is 5.97 Å². The summed E-state index contributed by atoms with van der Waals surface area (Å²) >= 11 is 0. The first-order chi connectivity index (χ1) is 12.2. The van der Waals surface area contributed by atoms with Crippen LogP contribution in [0.25, 0.3) is 0 Å². The Kier molecular flexibility index (Phi) is 5.08. The zero-order chi connectivity index (χ0) is 17.5. The average Bonchev–Trinajstić information content (AvgIpc) is 2.68. The molecule has 0 N–H and O–H groups in total. The van der Waals surface area contributed by atoms with E-state index in [1.54, 1.807) is 48.5 Å². The molecule has 3 rings (SSSR count). The smallest absolute Gasteiger partial charge is 0.343 e. The van der Waals surface area contributed by atoms with Gasteiger partial charge in [0.2, 0.25) is 0 Å². The third-order valence-corrected chi connectivity index (χ3v) is 3.53. The van der Waals surface area contributed by atoms with Gasteiger partial charge in [-0.05, 0) is 54.1 Å². The minimum absolute atomic E-state index is 0.392. The number of carbonyl (C=O) groups excluding carboxylic acids is 1. The van der Waals surface area contributed by atoms with Gasteiger partial charge in [0.25, 0.3) is 0 Å². The number of hydrogen-bond donors (Lipinski definition) is 0. The van der Waals surface area contributed by atoms with E-state index >= 15 is 0 Å². The van der Waals surface area contributed by atoms with Crippen LogP contribution >= 0.6 is 0 Å². The molecule has 0 spiro atoms. The molecular weight excluding hydrogens is 314 g/mol. The van der Waals surface area contributed by atoms with Gasteiger partial charge in [0.1, 0.15) is 18.1 Å². The number of nitriles is 1. The maximum absolute atomic E-state index is 12.1.